The molecule has 1 aliphatic rings. The van der Waals surface area contributed by atoms with E-state index < -0.39 is 5.92 Å². The SMILES string of the molecule is O=C(C=Cc1ccco1)NCc1nc(C2CCC(F)(F)CC2)no1. The molecule has 0 unspecified atom stereocenters. The Kier molecular flexibility index (Phi) is 4.73. The van der Waals surface area contributed by atoms with Crippen molar-refractivity contribution < 1.29 is 22.5 Å². The lowest BCUT2D eigenvalue weighted by Crippen LogP contribution is -2.24. The normalized spacial score (nSPS) is 18.1. The molecule has 24 heavy (non-hydrogen) atoms. The summed E-state index contributed by atoms with van der Waals surface area (Å²) in [6.45, 7) is 0.0806. The topological polar surface area (TPSA) is 81.2 Å². The first-order chi connectivity index (χ1) is 11.5. The van der Waals surface area contributed by atoms with Gasteiger partial charge in [0.1, 0.15) is 5.76 Å². The maximum absolute atomic E-state index is 13.2. The van der Waals surface area contributed by atoms with Crippen molar-refractivity contribution in [3.05, 3.63) is 41.9 Å². The highest BCUT2D eigenvalue weighted by Crippen LogP contribution is 2.39. The summed E-state index contributed by atoms with van der Waals surface area (Å²) < 4.78 is 36.5. The Morgan fingerprint density at radius 2 is 2.21 bits per heavy atom. The summed E-state index contributed by atoms with van der Waals surface area (Å²) in [6, 6.07) is 3.44. The molecule has 1 saturated carbocycles. The van der Waals surface area contributed by atoms with Crippen LogP contribution in [0.2, 0.25) is 0 Å². The number of furan rings is 1. The molecule has 1 fully saturated rings. The van der Waals surface area contributed by atoms with Crippen molar-refractivity contribution in [3.8, 4) is 0 Å². The Hall–Kier alpha value is -2.51. The zero-order valence-corrected chi connectivity index (χ0v) is 12.9. The molecule has 128 valence electrons. The van der Waals surface area contributed by atoms with Gasteiger partial charge < -0.3 is 14.3 Å². The van der Waals surface area contributed by atoms with Crippen LogP contribution in [0.1, 0.15) is 49.1 Å². The number of aromatic nitrogens is 2. The zero-order chi connectivity index (χ0) is 17.0. The van der Waals surface area contributed by atoms with E-state index in [4.69, 9.17) is 8.94 Å². The van der Waals surface area contributed by atoms with E-state index in [2.05, 4.69) is 15.5 Å². The predicted octanol–water partition coefficient (Wildman–Crippen LogP) is 3.29. The van der Waals surface area contributed by atoms with Crippen LogP contribution in [0.5, 0.6) is 0 Å². The molecule has 0 aromatic carbocycles. The van der Waals surface area contributed by atoms with Gasteiger partial charge >= 0.3 is 0 Å². The highest BCUT2D eigenvalue weighted by atomic mass is 19.3. The summed E-state index contributed by atoms with van der Waals surface area (Å²) in [4.78, 5) is 15.9. The molecular formula is C16H17F2N3O3. The minimum atomic E-state index is -2.59. The van der Waals surface area contributed by atoms with Crippen LogP contribution in [0.15, 0.2) is 33.4 Å². The average Bonchev–Trinajstić information content (AvgIpc) is 3.22. The van der Waals surface area contributed by atoms with Crippen LogP contribution in [0.25, 0.3) is 6.08 Å². The van der Waals surface area contributed by atoms with E-state index in [1.165, 1.54) is 18.4 Å². The second-order valence-corrected chi connectivity index (χ2v) is 5.74. The number of rotatable bonds is 5. The number of halogens is 2. The molecule has 1 N–H and O–H groups in total. The summed E-state index contributed by atoms with van der Waals surface area (Å²) in [5.41, 5.74) is 0. The molecule has 0 atom stereocenters. The van der Waals surface area contributed by atoms with Crippen LogP contribution in [-0.4, -0.2) is 22.0 Å². The van der Waals surface area contributed by atoms with Gasteiger partial charge in [0, 0.05) is 24.8 Å². The fourth-order valence-corrected chi connectivity index (χ4v) is 2.57. The number of amides is 1. The Morgan fingerprint density at radius 3 is 2.92 bits per heavy atom. The van der Waals surface area contributed by atoms with E-state index >= 15 is 0 Å². The number of alkyl halides is 2. The summed E-state index contributed by atoms with van der Waals surface area (Å²) in [5.74, 6) is -1.78. The largest absolute Gasteiger partial charge is 0.465 e. The van der Waals surface area contributed by atoms with Gasteiger partial charge in [-0.3, -0.25) is 4.79 Å². The van der Waals surface area contributed by atoms with Gasteiger partial charge in [0.15, 0.2) is 5.82 Å². The van der Waals surface area contributed by atoms with Gasteiger partial charge in [0.2, 0.25) is 17.7 Å². The third-order valence-electron chi connectivity index (χ3n) is 3.92. The third kappa shape index (κ3) is 4.27. The van der Waals surface area contributed by atoms with Gasteiger partial charge in [-0.1, -0.05) is 5.16 Å². The Bertz CT molecular complexity index is 700. The van der Waals surface area contributed by atoms with Crippen LogP contribution in [0.3, 0.4) is 0 Å². The van der Waals surface area contributed by atoms with Crippen molar-refractivity contribution in [1.82, 2.24) is 15.5 Å². The number of carbonyl (C=O) groups excluding carboxylic acids is 1. The quantitative estimate of drug-likeness (QED) is 0.847. The molecule has 0 bridgehead atoms. The van der Waals surface area contributed by atoms with E-state index in [-0.39, 0.29) is 37.1 Å². The summed E-state index contributed by atoms with van der Waals surface area (Å²) >= 11 is 0. The van der Waals surface area contributed by atoms with Gasteiger partial charge in [0.25, 0.3) is 0 Å². The maximum atomic E-state index is 13.2. The molecule has 1 amide bonds. The average molecular weight is 337 g/mol. The highest BCUT2D eigenvalue weighted by molar-refractivity contribution is 5.91. The van der Waals surface area contributed by atoms with Gasteiger partial charge in [0.05, 0.1) is 12.8 Å². The fraction of sp³-hybridized carbons (Fsp3) is 0.438. The Balaban J connectivity index is 1.48. The first kappa shape index (κ1) is 16.4. The lowest BCUT2D eigenvalue weighted by atomic mass is 9.86. The monoisotopic (exact) mass is 337 g/mol. The van der Waals surface area contributed by atoms with E-state index in [0.29, 0.717) is 24.4 Å². The molecule has 2 aromatic heterocycles. The van der Waals surface area contributed by atoms with Gasteiger partial charge in [-0.25, -0.2) is 8.78 Å². The molecule has 0 spiro atoms. The minimum absolute atomic E-state index is 0.0806. The van der Waals surface area contributed by atoms with Crippen LogP contribution < -0.4 is 5.32 Å². The molecule has 2 heterocycles. The van der Waals surface area contributed by atoms with Crippen molar-refractivity contribution in [2.45, 2.75) is 44.1 Å². The second kappa shape index (κ2) is 6.94. The third-order valence-corrected chi connectivity index (χ3v) is 3.92. The minimum Gasteiger partial charge on any atom is -0.465 e. The molecule has 0 aliphatic heterocycles. The smallest absolute Gasteiger partial charge is 0.248 e. The lowest BCUT2D eigenvalue weighted by molar-refractivity contribution is -0.116. The molecule has 1 aliphatic carbocycles. The van der Waals surface area contributed by atoms with Gasteiger partial charge in [-0.05, 0) is 31.1 Å². The molecular weight excluding hydrogens is 320 g/mol. The van der Waals surface area contributed by atoms with Crippen molar-refractivity contribution >= 4 is 12.0 Å². The first-order valence-corrected chi connectivity index (χ1v) is 7.71. The molecule has 8 heteroatoms. The number of carbonyl (C=O) groups is 1. The van der Waals surface area contributed by atoms with Crippen molar-refractivity contribution in [2.75, 3.05) is 0 Å². The number of nitrogens with zero attached hydrogens (tertiary/aromatic N) is 2. The van der Waals surface area contributed by atoms with Crippen molar-refractivity contribution in [2.24, 2.45) is 0 Å². The lowest BCUT2D eigenvalue weighted by Gasteiger charge is -2.26. The van der Waals surface area contributed by atoms with E-state index in [1.807, 2.05) is 0 Å². The molecule has 0 radical (unpaired) electrons. The Morgan fingerprint density at radius 1 is 1.42 bits per heavy atom. The summed E-state index contributed by atoms with van der Waals surface area (Å²) in [7, 11) is 0. The second-order valence-electron chi connectivity index (χ2n) is 5.74. The van der Waals surface area contributed by atoms with Crippen LogP contribution in [0.4, 0.5) is 8.78 Å². The molecule has 2 aromatic rings. The fourth-order valence-electron chi connectivity index (χ4n) is 2.57. The predicted molar refractivity (Wildman–Crippen MR) is 80.0 cm³/mol. The Labute approximate surface area is 136 Å². The number of nitrogens with one attached hydrogen (secondary N) is 1. The van der Waals surface area contributed by atoms with Crippen molar-refractivity contribution in [1.29, 1.82) is 0 Å². The number of hydrogen-bond acceptors (Lipinski definition) is 5. The summed E-state index contributed by atoms with van der Waals surface area (Å²) in [5, 5.41) is 6.44. The number of hydrogen-bond donors (Lipinski definition) is 1. The standard InChI is InChI=1S/C16H17F2N3O3/c17-16(18)7-5-11(6-8-16)15-20-14(24-21-15)10-19-13(22)4-3-12-2-1-9-23-12/h1-4,9,11H,5-8,10H2,(H,19,22). The molecule has 3 rings (SSSR count). The van der Waals surface area contributed by atoms with Crippen molar-refractivity contribution in [3.63, 3.8) is 0 Å². The molecule has 6 nitrogen and oxygen atoms in total. The van der Waals surface area contributed by atoms with E-state index in [1.54, 1.807) is 12.1 Å². The van der Waals surface area contributed by atoms with Crippen LogP contribution in [-0.2, 0) is 11.3 Å². The van der Waals surface area contributed by atoms with Crippen LogP contribution in [0, 0.1) is 0 Å². The molecule has 0 saturated heterocycles. The van der Waals surface area contributed by atoms with E-state index in [0.717, 1.165) is 0 Å². The highest BCUT2D eigenvalue weighted by Gasteiger charge is 2.36. The van der Waals surface area contributed by atoms with Crippen LogP contribution >= 0.6 is 0 Å². The zero-order valence-electron chi connectivity index (χ0n) is 12.9. The van der Waals surface area contributed by atoms with Gasteiger partial charge in [-0.2, -0.15) is 4.98 Å². The van der Waals surface area contributed by atoms with Gasteiger partial charge in [-0.15, -0.1) is 0 Å². The summed E-state index contributed by atoms with van der Waals surface area (Å²) in [6.07, 6.45) is 4.74. The van der Waals surface area contributed by atoms with E-state index in [9.17, 15) is 13.6 Å². The maximum Gasteiger partial charge on any atom is 0.248 e. The first-order valence-electron chi connectivity index (χ1n) is 7.71.